The average molecular weight is 572 g/mol. The maximum absolute atomic E-state index is 13.5. The highest BCUT2D eigenvalue weighted by atomic mass is 32.2. The number of hydrogen-bond donors (Lipinski definition) is 2. The molecule has 8 heteroatoms. The lowest BCUT2D eigenvalue weighted by Gasteiger charge is -2.30. The lowest BCUT2D eigenvalue weighted by Crippen LogP contribution is -2.37. The number of amides is 1. The Labute approximate surface area is 242 Å². The number of sulfonamides is 1. The van der Waals surface area contributed by atoms with Crippen LogP contribution in [0, 0.1) is 0 Å². The zero-order chi connectivity index (χ0) is 28.8. The standard InChI is InChI=1S/C33H37N3O4S/c1-3-36(4-2)23-27-15-10-16-29-30(19-20-40-33(27)29)34-32(37)22-31(25-12-6-5-7-13-25)35-41(38,39)28-18-17-24-11-8-9-14-26(24)21-28/h5-18,21,30-31,35H,3-4,19-20,22-23H2,1-2H3,(H,34,37). The van der Waals surface area contributed by atoms with Gasteiger partial charge in [-0.1, -0.05) is 92.7 Å². The van der Waals surface area contributed by atoms with E-state index in [1.54, 1.807) is 18.2 Å². The molecule has 2 unspecified atom stereocenters. The number of fused-ring (bicyclic) bond motifs is 2. The average Bonchev–Trinajstić information content (AvgIpc) is 3.00. The molecule has 2 atom stereocenters. The maximum Gasteiger partial charge on any atom is 0.241 e. The van der Waals surface area contributed by atoms with Crippen molar-refractivity contribution in [2.75, 3.05) is 19.7 Å². The van der Waals surface area contributed by atoms with E-state index in [2.05, 4.69) is 34.9 Å². The molecule has 5 rings (SSSR count). The number of para-hydroxylation sites is 1. The molecule has 0 fully saturated rings. The Morgan fingerprint density at radius 2 is 1.66 bits per heavy atom. The van der Waals surface area contributed by atoms with Gasteiger partial charge >= 0.3 is 0 Å². The molecule has 214 valence electrons. The molecule has 41 heavy (non-hydrogen) atoms. The second-order valence-corrected chi connectivity index (χ2v) is 12.1. The van der Waals surface area contributed by atoms with Crippen molar-refractivity contribution in [3.63, 3.8) is 0 Å². The number of nitrogens with one attached hydrogen (secondary N) is 2. The summed E-state index contributed by atoms with van der Waals surface area (Å²) >= 11 is 0. The van der Waals surface area contributed by atoms with Gasteiger partial charge in [0, 0.05) is 30.5 Å². The van der Waals surface area contributed by atoms with Crippen LogP contribution in [0.25, 0.3) is 10.8 Å². The molecule has 1 aliphatic rings. The third-order valence-electron chi connectivity index (χ3n) is 7.70. The first kappa shape index (κ1) is 28.8. The van der Waals surface area contributed by atoms with E-state index in [4.69, 9.17) is 4.74 Å². The van der Waals surface area contributed by atoms with Gasteiger partial charge in [0.15, 0.2) is 0 Å². The lowest BCUT2D eigenvalue weighted by atomic mass is 9.96. The summed E-state index contributed by atoms with van der Waals surface area (Å²) in [6, 6.07) is 27.1. The van der Waals surface area contributed by atoms with Gasteiger partial charge in [0.2, 0.25) is 15.9 Å². The summed E-state index contributed by atoms with van der Waals surface area (Å²) in [6.07, 6.45) is 0.606. The molecule has 0 saturated heterocycles. The predicted molar refractivity (Wildman–Crippen MR) is 162 cm³/mol. The van der Waals surface area contributed by atoms with Crippen LogP contribution in [0.3, 0.4) is 0 Å². The smallest absolute Gasteiger partial charge is 0.241 e. The lowest BCUT2D eigenvalue weighted by molar-refractivity contribution is -0.122. The minimum atomic E-state index is -3.90. The van der Waals surface area contributed by atoms with E-state index in [-0.39, 0.29) is 23.3 Å². The highest BCUT2D eigenvalue weighted by Gasteiger charge is 2.28. The number of ether oxygens (including phenoxy) is 1. The molecule has 0 aromatic heterocycles. The van der Waals surface area contributed by atoms with Crippen molar-refractivity contribution in [2.45, 2.75) is 50.2 Å². The summed E-state index contributed by atoms with van der Waals surface area (Å²) in [6.45, 7) is 7.44. The van der Waals surface area contributed by atoms with Gasteiger partial charge in [-0.15, -0.1) is 0 Å². The Bertz CT molecular complexity index is 1600. The first-order valence-corrected chi connectivity index (χ1v) is 15.7. The van der Waals surface area contributed by atoms with Crippen molar-refractivity contribution in [3.05, 3.63) is 108 Å². The van der Waals surface area contributed by atoms with Crippen molar-refractivity contribution in [1.29, 1.82) is 0 Å². The largest absolute Gasteiger partial charge is 0.493 e. The van der Waals surface area contributed by atoms with Crippen LogP contribution in [-0.2, 0) is 21.4 Å². The molecule has 0 bridgehead atoms. The van der Waals surface area contributed by atoms with E-state index in [1.165, 1.54) is 0 Å². The number of nitrogens with zero attached hydrogens (tertiary/aromatic N) is 1. The Kier molecular flexibility index (Phi) is 9.03. The number of rotatable bonds is 11. The molecule has 1 aliphatic heterocycles. The fourth-order valence-electron chi connectivity index (χ4n) is 5.39. The van der Waals surface area contributed by atoms with Crippen LogP contribution < -0.4 is 14.8 Å². The number of carbonyl (C=O) groups is 1. The molecule has 7 nitrogen and oxygen atoms in total. The Hall–Kier alpha value is -3.72. The van der Waals surface area contributed by atoms with Gasteiger partial charge in [0.05, 0.1) is 23.6 Å². The Morgan fingerprint density at radius 3 is 2.41 bits per heavy atom. The van der Waals surface area contributed by atoms with Crippen LogP contribution in [0.2, 0.25) is 0 Å². The first-order chi connectivity index (χ1) is 19.9. The Balaban J connectivity index is 1.35. The van der Waals surface area contributed by atoms with E-state index in [0.29, 0.717) is 13.0 Å². The second kappa shape index (κ2) is 12.9. The summed E-state index contributed by atoms with van der Waals surface area (Å²) < 4.78 is 35.9. The van der Waals surface area contributed by atoms with Gasteiger partial charge in [-0.2, -0.15) is 0 Å². The normalized spacial score (nSPS) is 15.7. The molecule has 2 N–H and O–H groups in total. The Morgan fingerprint density at radius 1 is 0.927 bits per heavy atom. The monoisotopic (exact) mass is 571 g/mol. The van der Waals surface area contributed by atoms with Gasteiger partial charge in [-0.25, -0.2) is 13.1 Å². The van der Waals surface area contributed by atoms with E-state index in [1.807, 2.05) is 66.7 Å². The quantitative estimate of drug-likeness (QED) is 0.240. The first-order valence-electron chi connectivity index (χ1n) is 14.2. The summed E-state index contributed by atoms with van der Waals surface area (Å²) in [7, 11) is -3.90. The minimum Gasteiger partial charge on any atom is -0.493 e. The molecule has 1 amide bonds. The second-order valence-electron chi connectivity index (χ2n) is 10.4. The minimum absolute atomic E-state index is 0.0390. The van der Waals surface area contributed by atoms with E-state index >= 15 is 0 Å². The van der Waals surface area contributed by atoms with Crippen molar-refractivity contribution in [3.8, 4) is 5.75 Å². The number of hydrogen-bond acceptors (Lipinski definition) is 5. The van der Waals surface area contributed by atoms with Crippen molar-refractivity contribution >= 4 is 26.7 Å². The molecule has 0 spiro atoms. The maximum atomic E-state index is 13.5. The zero-order valence-electron chi connectivity index (χ0n) is 23.5. The third kappa shape index (κ3) is 6.78. The molecule has 4 aromatic carbocycles. The summed E-state index contributed by atoms with van der Waals surface area (Å²) in [5, 5.41) is 4.96. The van der Waals surface area contributed by atoms with Gasteiger partial charge in [0.25, 0.3) is 0 Å². The summed E-state index contributed by atoms with van der Waals surface area (Å²) in [4.78, 5) is 16.0. The molecular formula is C33H37N3O4S. The van der Waals surface area contributed by atoms with Crippen LogP contribution in [0.5, 0.6) is 5.75 Å². The van der Waals surface area contributed by atoms with Crippen LogP contribution in [0.4, 0.5) is 0 Å². The zero-order valence-corrected chi connectivity index (χ0v) is 24.4. The van der Waals surface area contributed by atoms with Crippen LogP contribution in [0.15, 0.2) is 95.9 Å². The van der Waals surface area contributed by atoms with Crippen LogP contribution in [-0.4, -0.2) is 38.9 Å². The highest BCUT2D eigenvalue weighted by Crippen LogP contribution is 2.36. The summed E-state index contributed by atoms with van der Waals surface area (Å²) in [5.74, 6) is 0.611. The molecule has 0 saturated carbocycles. The molecule has 0 aliphatic carbocycles. The van der Waals surface area contributed by atoms with Crippen molar-refractivity contribution in [2.24, 2.45) is 0 Å². The molecule has 1 heterocycles. The van der Waals surface area contributed by atoms with Gasteiger partial charge in [0.1, 0.15) is 5.75 Å². The highest BCUT2D eigenvalue weighted by molar-refractivity contribution is 7.89. The van der Waals surface area contributed by atoms with E-state index in [0.717, 1.165) is 52.8 Å². The number of benzene rings is 4. The SMILES string of the molecule is CCN(CC)Cc1cccc2c1OCCC2NC(=O)CC(NS(=O)(=O)c1ccc2ccccc2c1)c1ccccc1. The predicted octanol–water partition coefficient (Wildman–Crippen LogP) is 5.73. The fourth-order valence-corrected chi connectivity index (χ4v) is 6.65. The van der Waals surface area contributed by atoms with Crippen molar-refractivity contribution < 1.29 is 17.9 Å². The number of carbonyl (C=O) groups excluding carboxylic acids is 1. The fraction of sp³-hybridized carbons (Fsp3) is 0.303. The molecule has 4 aromatic rings. The van der Waals surface area contributed by atoms with Crippen LogP contribution >= 0.6 is 0 Å². The van der Waals surface area contributed by atoms with Crippen LogP contribution in [0.1, 0.15) is 55.5 Å². The molecular weight excluding hydrogens is 534 g/mol. The topological polar surface area (TPSA) is 87.7 Å². The van der Waals surface area contributed by atoms with Gasteiger partial charge in [-0.3, -0.25) is 9.69 Å². The summed E-state index contributed by atoms with van der Waals surface area (Å²) in [5.41, 5.74) is 2.79. The third-order valence-corrected chi connectivity index (χ3v) is 9.17. The van der Waals surface area contributed by atoms with E-state index < -0.39 is 16.1 Å². The van der Waals surface area contributed by atoms with E-state index in [9.17, 15) is 13.2 Å². The van der Waals surface area contributed by atoms with Gasteiger partial charge in [-0.05, 0) is 41.6 Å². The van der Waals surface area contributed by atoms with Gasteiger partial charge < -0.3 is 10.1 Å². The van der Waals surface area contributed by atoms with Crippen molar-refractivity contribution in [1.82, 2.24) is 14.9 Å². The molecule has 0 radical (unpaired) electrons.